The van der Waals surface area contributed by atoms with Crippen molar-refractivity contribution in [1.82, 2.24) is 0 Å². The molecule has 0 aliphatic carbocycles. The van der Waals surface area contributed by atoms with Crippen LogP contribution in [0.5, 0.6) is 5.75 Å². The molecular weight excluding hydrogens is 366 g/mol. The summed E-state index contributed by atoms with van der Waals surface area (Å²) in [5, 5.41) is 9.69. The third-order valence-electron chi connectivity index (χ3n) is 5.61. The Kier molecular flexibility index (Phi) is 10.6. The maximum Gasteiger partial charge on any atom is 0.307 e. The van der Waals surface area contributed by atoms with Crippen LogP contribution in [-0.4, -0.2) is 23.7 Å². The van der Waals surface area contributed by atoms with E-state index in [1.165, 1.54) is 62.7 Å². The summed E-state index contributed by atoms with van der Waals surface area (Å²) in [6, 6.07) is 4.99. The zero-order chi connectivity index (χ0) is 20.9. The standard InChI is InChI=1S/C24H37NO4/c1-2-3-4-5-6-7-8-9-10-11-12-13-24(28)29-19-25-22-18-21(26)16-14-20(22)15-17-23(25)27/h14,16,18,26H,2-13,15,17,19H2,1H3. The monoisotopic (exact) mass is 403 g/mol. The van der Waals surface area contributed by atoms with Crippen molar-refractivity contribution in [2.24, 2.45) is 0 Å². The number of phenolic OH excluding ortho intramolecular Hbond substituents is 1. The molecule has 0 saturated carbocycles. The summed E-state index contributed by atoms with van der Waals surface area (Å²) >= 11 is 0. The predicted molar refractivity (Wildman–Crippen MR) is 116 cm³/mol. The molecule has 0 unspecified atom stereocenters. The van der Waals surface area contributed by atoms with Gasteiger partial charge in [0.25, 0.3) is 0 Å². The van der Waals surface area contributed by atoms with Crippen molar-refractivity contribution in [1.29, 1.82) is 0 Å². The lowest BCUT2D eigenvalue weighted by atomic mass is 10.0. The van der Waals surface area contributed by atoms with Crippen molar-refractivity contribution in [2.75, 3.05) is 11.6 Å². The second kappa shape index (κ2) is 13.2. The molecule has 162 valence electrons. The van der Waals surface area contributed by atoms with Crippen molar-refractivity contribution in [2.45, 2.75) is 96.8 Å². The molecule has 1 aromatic rings. The number of anilines is 1. The van der Waals surface area contributed by atoms with Crippen molar-refractivity contribution in [3.8, 4) is 5.75 Å². The molecule has 5 nitrogen and oxygen atoms in total. The molecule has 0 bridgehead atoms. The van der Waals surface area contributed by atoms with Crippen LogP contribution in [0.2, 0.25) is 0 Å². The molecule has 1 N–H and O–H groups in total. The zero-order valence-corrected chi connectivity index (χ0v) is 18.0. The third kappa shape index (κ3) is 8.46. The number of hydrogen-bond donors (Lipinski definition) is 1. The van der Waals surface area contributed by atoms with Gasteiger partial charge in [0.05, 0.1) is 5.69 Å². The first-order valence-corrected chi connectivity index (χ1v) is 11.4. The van der Waals surface area contributed by atoms with Gasteiger partial charge in [-0.1, -0.05) is 77.2 Å². The van der Waals surface area contributed by atoms with Crippen LogP contribution in [0, 0.1) is 0 Å². The van der Waals surface area contributed by atoms with Crippen LogP contribution < -0.4 is 4.90 Å². The fraction of sp³-hybridized carbons (Fsp3) is 0.667. The van der Waals surface area contributed by atoms with Crippen molar-refractivity contribution >= 4 is 17.6 Å². The van der Waals surface area contributed by atoms with E-state index in [4.69, 9.17) is 4.74 Å². The van der Waals surface area contributed by atoms with Gasteiger partial charge in [-0.25, -0.2) is 0 Å². The van der Waals surface area contributed by atoms with E-state index >= 15 is 0 Å². The Balaban J connectivity index is 1.55. The van der Waals surface area contributed by atoms with E-state index in [1.807, 2.05) is 6.07 Å². The van der Waals surface area contributed by atoms with Gasteiger partial charge in [0.15, 0.2) is 6.73 Å². The predicted octanol–water partition coefficient (Wildman–Crippen LogP) is 5.87. The summed E-state index contributed by atoms with van der Waals surface area (Å²) in [5.74, 6) is -0.234. The number of nitrogens with zero attached hydrogens (tertiary/aromatic N) is 1. The van der Waals surface area contributed by atoms with Gasteiger partial charge >= 0.3 is 5.97 Å². The molecular formula is C24H37NO4. The van der Waals surface area contributed by atoms with Gasteiger partial charge < -0.3 is 9.84 Å². The van der Waals surface area contributed by atoms with Crippen LogP contribution in [0.15, 0.2) is 18.2 Å². The van der Waals surface area contributed by atoms with Crippen LogP contribution >= 0.6 is 0 Å². The number of aryl methyl sites for hydroxylation is 1. The van der Waals surface area contributed by atoms with Crippen LogP contribution in [0.25, 0.3) is 0 Å². The Morgan fingerprint density at radius 1 is 0.966 bits per heavy atom. The Hall–Kier alpha value is -2.04. The highest BCUT2D eigenvalue weighted by atomic mass is 16.5. The number of phenols is 1. The number of hydrogen-bond acceptors (Lipinski definition) is 4. The number of ether oxygens (including phenoxy) is 1. The van der Waals surface area contributed by atoms with Crippen molar-refractivity contribution < 1.29 is 19.4 Å². The second-order valence-corrected chi connectivity index (χ2v) is 8.07. The number of unbranched alkanes of at least 4 members (excludes halogenated alkanes) is 10. The molecule has 0 aromatic heterocycles. The molecule has 0 spiro atoms. The number of benzene rings is 1. The van der Waals surface area contributed by atoms with E-state index in [-0.39, 0.29) is 24.4 Å². The molecule has 0 atom stereocenters. The van der Waals surface area contributed by atoms with E-state index < -0.39 is 0 Å². The Bertz CT molecular complexity index is 644. The van der Waals surface area contributed by atoms with Gasteiger partial charge in [-0.05, 0) is 24.5 Å². The van der Waals surface area contributed by atoms with Crippen LogP contribution in [0.1, 0.15) is 96.0 Å². The molecule has 1 aromatic carbocycles. The SMILES string of the molecule is CCCCCCCCCCCCCC(=O)OCN1C(=O)CCc2ccc(O)cc21. The van der Waals surface area contributed by atoms with E-state index in [0.29, 0.717) is 24.9 Å². The molecule has 1 heterocycles. The fourth-order valence-electron chi connectivity index (χ4n) is 3.81. The molecule has 2 rings (SSSR count). The van der Waals surface area contributed by atoms with Gasteiger partial charge in [0.2, 0.25) is 5.91 Å². The second-order valence-electron chi connectivity index (χ2n) is 8.07. The van der Waals surface area contributed by atoms with E-state index in [9.17, 15) is 14.7 Å². The van der Waals surface area contributed by atoms with Crippen molar-refractivity contribution in [3.05, 3.63) is 23.8 Å². The maximum absolute atomic E-state index is 12.2. The van der Waals surface area contributed by atoms with Crippen LogP contribution in [-0.2, 0) is 20.7 Å². The largest absolute Gasteiger partial charge is 0.508 e. The summed E-state index contributed by atoms with van der Waals surface area (Å²) in [6.07, 6.45) is 15.1. The summed E-state index contributed by atoms with van der Waals surface area (Å²) < 4.78 is 5.33. The minimum absolute atomic E-state index is 0.0772. The number of amides is 1. The van der Waals surface area contributed by atoms with Gasteiger partial charge in [0, 0.05) is 18.9 Å². The molecule has 1 amide bonds. The van der Waals surface area contributed by atoms with E-state index in [0.717, 1.165) is 18.4 Å². The van der Waals surface area contributed by atoms with Gasteiger partial charge in [-0.3, -0.25) is 14.5 Å². The topological polar surface area (TPSA) is 66.8 Å². The highest BCUT2D eigenvalue weighted by molar-refractivity contribution is 5.96. The van der Waals surface area contributed by atoms with Crippen molar-refractivity contribution in [3.63, 3.8) is 0 Å². The molecule has 0 radical (unpaired) electrons. The van der Waals surface area contributed by atoms with Crippen LogP contribution in [0.3, 0.4) is 0 Å². The van der Waals surface area contributed by atoms with E-state index in [1.54, 1.807) is 12.1 Å². The lowest BCUT2D eigenvalue weighted by molar-refractivity contribution is -0.144. The molecule has 0 saturated heterocycles. The first-order chi connectivity index (χ1) is 14.1. The average molecular weight is 404 g/mol. The van der Waals surface area contributed by atoms with Gasteiger partial charge in [0.1, 0.15) is 5.75 Å². The number of esters is 1. The third-order valence-corrected chi connectivity index (χ3v) is 5.61. The average Bonchev–Trinajstić information content (AvgIpc) is 2.71. The normalized spacial score (nSPS) is 13.4. The summed E-state index contributed by atoms with van der Waals surface area (Å²) in [4.78, 5) is 25.7. The number of carbonyl (C=O) groups is 2. The van der Waals surface area contributed by atoms with Gasteiger partial charge in [-0.15, -0.1) is 0 Å². The number of carbonyl (C=O) groups excluding carboxylic acids is 2. The molecule has 1 aliphatic rings. The summed E-state index contributed by atoms with van der Waals surface area (Å²) in [6.45, 7) is 2.17. The molecule has 29 heavy (non-hydrogen) atoms. The number of rotatable bonds is 14. The fourth-order valence-corrected chi connectivity index (χ4v) is 3.81. The number of aromatic hydroxyl groups is 1. The first kappa shape index (κ1) is 23.2. The minimum atomic E-state index is -0.263. The highest BCUT2D eigenvalue weighted by Crippen LogP contribution is 2.31. The maximum atomic E-state index is 12.2. The smallest absolute Gasteiger partial charge is 0.307 e. The quantitative estimate of drug-likeness (QED) is 0.311. The first-order valence-electron chi connectivity index (χ1n) is 11.4. The zero-order valence-electron chi connectivity index (χ0n) is 18.0. The highest BCUT2D eigenvalue weighted by Gasteiger charge is 2.25. The number of fused-ring (bicyclic) bond motifs is 1. The van der Waals surface area contributed by atoms with Crippen LogP contribution in [0.4, 0.5) is 5.69 Å². The molecule has 0 fully saturated rings. The van der Waals surface area contributed by atoms with E-state index in [2.05, 4.69) is 6.92 Å². The van der Waals surface area contributed by atoms with Gasteiger partial charge in [-0.2, -0.15) is 0 Å². The molecule has 5 heteroatoms. The summed E-state index contributed by atoms with van der Waals surface area (Å²) in [5.41, 5.74) is 1.63. The Morgan fingerprint density at radius 3 is 2.24 bits per heavy atom. The lowest BCUT2D eigenvalue weighted by Gasteiger charge is -2.28. The minimum Gasteiger partial charge on any atom is -0.508 e. The lowest BCUT2D eigenvalue weighted by Crippen LogP contribution is -2.37. The summed E-state index contributed by atoms with van der Waals surface area (Å²) in [7, 11) is 0. The molecule has 1 aliphatic heterocycles. The Morgan fingerprint density at radius 2 is 1.59 bits per heavy atom. The Labute approximate surface area is 175 Å².